The lowest BCUT2D eigenvalue weighted by molar-refractivity contribution is -0.144. The van der Waals surface area contributed by atoms with E-state index >= 15 is 0 Å². The molecule has 0 aliphatic carbocycles. The zero-order valence-electron chi connectivity index (χ0n) is 10.6. The summed E-state index contributed by atoms with van der Waals surface area (Å²) >= 11 is 0.444. The summed E-state index contributed by atoms with van der Waals surface area (Å²) < 4.78 is 41.3. The van der Waals surface area contributed by atoms with Gasteiger partial charge in [-0.05, 0) is 6.08 Å². The first-order chi connectivity index (χ1) is 9.24. The molecule has 0 spiro atoms. The van der Waals surface area contributed by atoms with E-state index in [9.17, 15) is 22.8 Å². The Morgan fingerprint density at radius 2 is 2.15 bits per heavy atom. The van der Waals surface area contributed by atoms with Gasteiger partial charge in [-0.2, -0.15) is 13.2 Å². The minimum atomic E-state index is -4.50. The van der Waals surface area contributed by atoms with Gasteiger partial charge in [0.05, 0.1) is 12.8 Å². The van der Waals surface area contributed by atoms with Gasteiger partial charge in [0.25, 0.3) is 0 Å². The van der Waals surface area contributed by atoms with E-state index in [1.165, 1.54) is 19.5 Å². The molecule has 0 aromatic carbocycles. The highest BCUT2D eigenvalue weighted by atomic mass is 32.1. The summed E-state index contributed by atoms with van der Waals surface area (Å²) in [6, 6.07) is 0. The number of hydrogen-bond acceptors (Lipinski definition) is 5. The van der Waals surface area contributed by atoms with Gasteiger partial charge in [0.1, 0.15) is 6.54 Å². The lowest BCUT2D eigenvalue weighted by Crippen LogP contribution is -2.31. The summed E-state index contributed by atoms with van der Waals surface area (Å²) in [7, 11) is 2.55. The number of hydrogen-bond donors (Lipinski definition) is 0. The molecule has 1 rings (SSSR count). The molecule has 110 valence electrons. The second-order valence-electron chi connectivity index (χ2n) is 3.68. The Morgan fingerprint density at radius 3 is 2.65 bits per heavy atom. The van der Waals surface area contributed by atoms with Gasteiger partial charge in [-0.25, -0.2) is 4.98 Å². The minimum Gasteiger partial charge on any atom is -0.468 e. The van der Waals surface area contributed by atoms with E-state index in [0.717, 1.165) is 17.1 Å². The number of rotatable bonds is 4. The van der Waals surface area contributed by atoms with Crippen molar-refractivity contribution in [3.63, 3.8) is 0 Å². The number of ether oxygens (including phenoxy) is 1. The van der Waals surface area contributed by atoms with Crippen molar-refractivity contribution in [2.45, 2.75) is 6.18 Å². The lowest BCUT2D eigenvalue weighted by atomic mass is 10.4. The second kappa shape index (κ2) is 6.51. The smallest absolute Gasteiger partial charge is 0.443 e. The van der Waals surface area contributed by atoms with Crippen molar-refractivity contribution in [2.24, 2.45) is 0 Å². The number of likely N-dealkylation sites (N-methyl/N-ethyl adjacent to an activating group) is 1. The average Bonchev–Trinajstić information content (AvgIpc) is 2.84. The molecule has 5 nitrogen and oxygen atoms in total. The Labute approximate surface area is 116 Å². The molecule has 1 amide bonds. The molecule has 1 aromatic heterocycles. The summed E-state index contributed by atoms with van der Waals surface area (Å²) in [6.45, 7) is -0.245. The van der Waals surface area contributed by atoms with Crippen molar-refractivity contribution in [3.8, 4) is 0 Å². The van der Waals surface area contributed by atoms with Gasteiger partial charge in [-0.3, -0.25) is 9.59 Å². The third-order valence-electron chi connectivity index (χ3n) is 2.13. The third-order valence-corrected chi connectivity index (χ3v) is 3.04. The first-order valence-electron chi connectivity index (χ1n) is 5.26. The van der Waals surface area contributed by atoms with Crippen molar-refractivity contribution in [2.75, 3.05) is 20.7 Å². The van der Waals surface area contributed by atoms with Crippen LogP contribution in [0.2, 0.25) is 0 Å². The van der Waals surface area contributed by atoms with E-state index in [4.69, 9.17) is 0 Å². The summed E-state index contributed by atoms with van der Waals surface area (Å²) in [6.07, 6.45) is -2.30. The van der Waals surface area contributed by atoms with Gasteiger partial charge in [-0.15, -0.1) is 11.3 Å². The predicted molar refractivity (Wildman–Crippen MR) is 65.8 cm³/mol. The van der Waals surface area contributed by atoms with Crippen LogP contribution >= 0.6 is 11.3 Å². The van der Waals surface area contributed by atoms with Gasteiger partial charge in [-0.1, -0.05) is 0 Å². The molecule has 0 aliphatic rings. The van der Waals surface area contributed by atoms with Crippen LogP contribution in [0.3, 0.4) is 0 Å². The van der Waals surface area contributed by atoms with Crippen molar-refractivity contribution >= 4 is 29.3 Å². The number of amides is 1. The van der Waals surface area contributed by atoms with Crippen LogP contribution in [0.15, 0.2) is 11.5 Å². The van der Waals surface area contributed by atoms with E-state index in [0.29, 0.717) is 11.3 Å². The van der Waals surface area contributed by atoms with Crippen molar-refractivity contribution < 1.29 is 27.5 Å². The van der Waals surface area contributed by atoms with E-state index < -0.39 is 23.1 Å². The van der Waals surface area contributed by atoms with Crippen LogP contribution in [0.5, 0.6) is 0 Å². The van der Waals surface area contributed by atoms with Crippen LogP contribution < -0.4 is 0 Å². The zero-order chi connectivity index (χ0) is 15.3. The predicted octanol–water partition coefficient (Wildman–Crippen LogP) is 1.81. The molecule has 1 heterocycles. The normalized spacial score (nSPS) is 11.7. The van der Waals surface area contributed by atoms with Crippen LogP contribution in [0, 0.1) is 0 Å². The largest absolute Gasteiger partial charge is 0.468 e. The fourth-order valence-corrected chi connectivity index (χ4v) is 1.77. The highest BCUT2D eigenvalue weighted by Gasteiger charge is 2.34. The molecule has 0 atom stereocenters. The summed E-state index contributed by atoms with van der Waals surface area (Å²) in [5.41, 5.74) is 0.0298. The van der Waals surface area contributed by atoms with E-state index in [1.807, 2.05) is 0 Å². The van der Waals surface area contributed by atoms with Gasteiger partial charge < -0.3 is 9.64 Å². The number of aromatic nitrogens is 1. The van der Waals surface area contributed by atoms with Crippen molar-refractivity contribution in [1.82, 2.24) is 9.88 Å². The van der Waals surface area contributed by atoms with Crippen LogP contribution in [0.1, 0.15) is 10.7 Å². The van der Waals surface area contributed by atoms with Crippen molar-refractivity contribution in [1.29, 1.82) is 0 Å². The highest BCUT2D eigenvalue weighted by Crippen LogP contribution is 2.31. The molecule has 0 radical (unpaired) electrons. The number of methoxy groups -OCH3 is 1. The zero-order valence-corrected chi connectivity index (χ0v) is 11.4. The SMILES string of the molecule is COC(=O)CN(C)C(=O)C=Cc1csc(C(F)(F)F)n1. The average molecular weight is 308 g/mol. The molecule has 0 unspecified atom stereocenters. The molecular weight excluding hydrogens is 297 g/mol. The Morgan fingerprint density at radius 1 is 1.50 bits per heavy atom. The number of alkyl halides is 3. The first-order valence-corrected chi connectivity index (χ1v) is 6.14. The van der Waals surface area contributed by atoms with E-state index in [-0.39, 0.29) is 12.2 Å². The molecule has 0 aliphatic heterocycles. The molecule has 0 fully saturated rings. The van der Waals surface area contributed by atoms with Crippen LogP contribution in [-0.2, 0) is 20.5 Å². The quantitative estimate of drug-likeness (QED) is 0.629. The van der Waals surface area contributed by atoms with Gasteiger partial charge in [0, 0.05) is 18.5 Å². The Balaban J connectivity index is 2.66. The lowest BCUT2D eigenvalue weighted by Gasteiger charge is -2.12. The maximum atomic E-state index is 12.3. The number of carbonyl (C=O) groups is 2. The standard InChI is InChI=1S/C11H11F3N2O3S/c1-16(5-9(18)19-2)8(17)4-3-7-6-20-10(15-7)11(12,13)14/h3-4,6H,5H2,1-2H3. The minimum absolute atomic E-state index is 0.0298. The second-order valence-corrected chi connectivity index (χ2v) is 4.54. The van der Waals surface area contributed by atoms with E-state index in [2.05, 4.69) is 9.72 Å². The topological polar surface area (TPSA) is 59.5 Å². The number of esters is 1. The molecule has 0 saturated carbocycles. The summed E-state index contributed by atoms with van der Waals surface area (Å²) in [5, 5.41) is 0.208. The Hall–Kier alpha value is -1.90. The van der Waals surface area contributed by atoms with Gasteiger partial charge in [0.15, 0.2) is 5.01 Å². The molecule has 0 bridgehead atoms. The first kappa shape index (κ1) is 16.2. The molecule has 20 heavy (non-hydrogen) atoms. The Bertz CT molecular complexity index is 525. The fraction of sp³-hybridized carbons (Fsp3) is 0.364. The summed E-state index contributed by atoms with van der Waals surface area (Å²) in [4.78, 5) is 26.9. The number of thiazole rings is 1. The summed E-state index contributed by atoms with van der Waals surface area (Å²) in [5.74, 6) is -1.14. The number of halogens is 3. The van der Waals surface area contributed by atoms with Crippen molar-refractivity contribution in [3.05, 3.63) is 22.2 Å². The van der Waals surface area contributed by atoms with Crippen LogP contribution in [0.25, 0.3) is 6.08 Å². The molecule has 0 N–H and O–H groups in total. The van der Waals surface area contributed by atoms with Crippen LogP contribution in [0.4, 0.5) is 13.2 Å². The number of nitrogens with zero attached hydrogens (tertiary/aromatic N) is 2. The van der Waals surface area contributed by atoms with Gasteiger partial charge in [0.2, 0.25) is 5.91 Å². The van der Waals surface area contributed by atoms with Gasteiger partial charge >= 0.3 is 12.1 Å². The molecule has 1 aromatic rings. The highest BCUT2D eigenvalue weighted by molar-refractivity contribution is 7.09. The number of carbonyl (C=O) groups excluding carboxylic acids is 2. The third kappa shape index (κ3) is 4.65. The Kier molecular flexibility index (Phi) is 5.26. The van der Waals surface area contributed by atoms with Crippen LogP contribution in [-0.4, -0.2) is 42.5 Å². The molecular formula is C11H11F3N2O3S. The molecule has 9 heteroatoms. The maximum Gasteiger partial charge on any atom is 0.443 e. The maximum absolute atomic E-state index is 12.3. The van der Waals surface area contributed by atoms with E-state index in [1.54, 1.807) is 0 Å². The monoisotopic (exact) mass is 308 g/mol. The molecule has 0 saturated heterocycles. The fourth-order valence-electron chi connectivity index (χ4n) is 1.11.